The number of piperidine rings is 1. The molecule has 2 N–H and O–H groups in total. The molecule has 0 aliphatic carbocycles. The molecule has 0 aromatic heterocycles. The first-order chi connectivity index (χ1) is 5.88. The van der Waals surface area contributed by atoms with Gasteiger partial charge in [-0.15, -0.1) is 0 Å². The number of rotatable bonds is 4. The SMILES string of the molecule is CCC(CCO)C1CCNCC1. The number of nitrogens with one attached hydrogen (secondary N) is 1. The number of aliphatic hydroxyl groups is 1. The van der Waals surface area contributed by atoms with Crippen molar-refractivity contribution in [2.24, 2.45) is 11.8 Å². The Kier molecular flexibility index (Phi) is 4.62. The summed E-state index contributed by atoms with van der Waals surface area (Å²) in [4.78, 5) is 0. The van der Waals surface area contributed by atoms with Crippen molar-refractivity contribution in [3.05, 3.63) is 0 Å². The van der Waals surface area contributed by atoms with Gasteiger partial charge in [0.2, 0.25) is 0 Å². The second-order valence-electron chi connectivity index (χ2n) is 3.77. The van der Waals surface area contributed by atoms with Crippen LogP contribution in [-0.2, 0) is 0 Å². The van der Waals surface area contributed by atoms with Crippen LogP contribution in [0.5, 0.6) is 0 Å². The molecule has 12 heavy (non-hydrogen) atoms. The molecule has 1 aliphatic rings. The zero-order chi connectivity index (χ0) is 8.81. The highest BCUT2D eigenvalue weighted by Gasteiger charge is 2.21. The average molecular weight is 171 g/mol. The van der Waals surface area contributed by atoms with Crippen LogP contribution in [0.15, 0.2) is 0 Å². The lowest BCUT2D eigenvalue weighted by molar-refractivity contribution is 0.188. The third kappa shape index (κ3) is 2.76. The van der Waals surface area contributed by atoms with Gasteiger partial charge >= 0.3 is 0 Å². The molecular weight excluding hydrogens is 150 g/mol. The molecule has 1 rings (SSSR count). The van der Waals surface area contributed by atoms with Crippen LogP contribution in [0.2, 0.25) is 0 Å². The summed E-state index contributed by atoms with van der Waals surface area (Å²) < 4.78 is 0. The Labute approximate surface area is 75.4 Å². The molecule has 0 aromatic carbocycles. The third-order valence-corrected chi connectivity index (χ3v) is 3.07. The summed E-state index contributed by atoms with van der Waals surface area (Å²) in [5.41, 5.74) is 0. The van der Waals surface area contributed by atoms with E-state index < -0.39 is 0 Å². The summed E-state index contributed by atoms with van der Waals surface area (Å²) in [6.45, 7) is 4.95. The van der Waals surface area contributed by atoms with Crippen LogP contribution in [0.3, 0.4) is 0 Å². The Bertz CT molecular complexity index is 108. The summed E-state index contributed by atoms with van der Waals surface area (Å²) in [6, 6.07) is 0. The van der Waals surface area contributed by atoms with Crippen LogP contribution in [0.4, 0.5) is 0 Å². The number of hydrogen-bond donors (Lipinski definition) is 2. The Morgan fingerprint density at radius 1 is 1.42 bits per heavy atom. The van der Waals surface area contributed by atoms with Gasteiger partial charge in [-0.3, -0.25) is 0 Å². The van der Waals surface area contributed by atoms with Crippen LogP contribution in [0.25, 0.3) is 0 Å². The summed E-state index contributed by atoms with van der Waals surface area (Å²) in [5.74, 6) is 1.63. The largest absolute Gasteiger partial charge is 0.396 e. The van der Waals surface area contributed by atoms with Crippen LogP contribution >= 0.6 is 0 Å². The molecule has 1 fully saturated rings. The zero-order valence-corrected chi connectivity index (χ0v) is 8.05. The molecule has 2 heteroatoms. The molecular formula is C10H21NO. The van der Waals surface area contributed by atoms with E-state index in [9.17, 15) is 0 Å². The van der Waals surface area contributed by atoms with Crippen molar-refractivity contribution in [2.75, 3.05) is 19.7 Å². The maximum Gasteiger partial charge on any atom is 0.0433 e. The fraction of sp³-hybridized carbons (Fsp3) is 1.00. The Balaban J connectivity index is 2.29. The topological polar surface area (TPSA) is 32.3 Å². The molecule has 0 radical (unpaired) electrons. The van der Waals surface area contributed by atoms with Crippen molar-refractivity contribution in [1.82, 2.24) is 5.32 Å². The lowest BCUT2D eigenvalue weighted by Crippen LogP contribution is -2.31. The van der Waals surface area contributed by atoms with E-state index in [0.717, 1.165) is 18.3 Å². The predicted octanol–water partition coefficient (Wildman–Crippen LogP) is 1.39. The van der Waals surface area contributed by atoms with Gasteiger partial charge < -0.3 is 10.4 Å². The minimum absolute atomic E-state index is 0.364. The summed E-state index contributed by atoms with van der Waals surface area (Å²) >= 11 is 0. The van der Waals surface area contributed by atoms with Gasteiger partial charge in [-0.2, -0.15) is 0 Å². The van der Waals surface area contributed by atoms with E-state index in [0.29, 0.717) is 6.61 Å². The van der Waals surface area contributed by atoms with Gasteiger partial charge in [-0.1, -0.05) is 13.3 Å². The maximum atomic E-state index is 8.88. The van der Waals surface area contributed by atoms with E-state index >= 15 is 0 Å². The van der Waals surface area contributed by atoms with Crippen molar-refractivity contribution in [1.29, 1.82) is 0 Å². The van der Waals surface area contributed by atoms with Crippen LogP contribution in [-0.4, -0.2) is 24.8 Å². The molecule has 1 unspecified atom stereocenters. The second-order valence-corrected chi connectivity index (χ2v) is 3.77. The second kappa shape index (κ2) is 5.55. The first-order valence-corrected chi connectivity index (χ1v) is 5.20. The molecule has 1 saturated heterocycles. The monoisotopic (exact) mass is 171 g/mol. The van der Waals surface area contributed by atoms with Crippen LogP contribution in [0, 0.1) is 11.8 Å². The van der Waals surface area contributed by atoms with Gasteiger partial charge in [0.25, 0.3) is 0 Å². The maximum absolute atomic E-state index is 8.88. The molecule has 1 aliphatic heterocycles. The summed E-state index contributed by atoms with van der Waals surface area (Å²) in [6.07, 6.45) is 4.84. The van der Waals surface area contributed by atoms with E-state index in [1.807, 2.05) is 0 Å². The third-order valence-electron chi connectivity index (χ3n) is 3.07. The molecule has 0 saturated carbocycles. The van der Waals surface area contributed by atoms with Crippen molar-refractivity contribution in [3.8, 4) is 0 Å². The predicted molar refractivity (Wildman–Crippen MR) is 51.1 cm³/mol. The molecule has 1 heterocycles. The molecule has 72 valence electrons. The van der Waals surface area contributed by atoms with Crippen LogP contribution in [0.1, 0.15) is 32.6 Å². The van der Waals surface area contributed by atoms with Gasteiger partial charge in [-0.25, -0.2) is 0 Å². The fourth-order valence-electron chi connectivity index (χ4n) is 2.25. The minimum atomic E-state index is 0.364. The number of aliphatic hydroxyl groups excluding tert-OH is 1. The van der Waals surface area contributed by atoms with E-state index in [2.05, 4.69) is 12.2 Å². The minimum Gasteiger partial charge on any atom is -0.396 e. The molecule has 2 nitrogen and oxygen atoms in total. The van der Waals surface area contributed by atoms with Crippen LogP contribution < -0.4 is 5.32 Å². The van der Waals surface area contributed by atoms with Gasteiger partial charge in [0.1, 0.15) is 0 Å². The highest BCUT2D eigenvalue weighted by atomic mass is 16.3. The van der Waals surface area contributed by atoms with E-state index in [-0.39, 0.29) is 0 Å². The lowest BCUT2D eigenvalue weighted by atomic mass is 9.81. The fourth-order valence-corrected chi connectivity index (χ4v) is 2.25. The number of hydrogen-bond acceptors (Lipinski definition) is 2. The first kappa shape index (κ1) is 10.0. The summed E-state index contributed by atoms with van der Waals surface area (Å²) in [5, 5.41) is 12.3. The van der Waals surface area contributed by atoms with Gasteiger partial charge in [0.15, 0.2) is 0 Å². The standard InChI is InChI=1S/C10H21NO/c1-2-9(5-8-12)10-3-6-11-7-4-10/h9-12H,2-8H2,1H3. The van der Waals surface area contributed by atoms with Gasteiger partial charge in [0, 0.05) is 6.61 Å². The van der Waals surface area contributed by atoms with Crippen molar-refractivity contribution in [2.45, 2.75) is 32.6 Å². The van der Waals surface area contributed by atoms with E-state index in [1.165, 1.54) is 32.4 Å². The molecule has 0 spiro atoms. The van der Waals surface area contributed by atoms with E-state index in [4.69, 9.17) is 5.11 Å². The Morgan fingerprint density at radius 2 is 2.08 bits per heavy atom. The van der Waals surface area contributed by atoms with Gasteiger partial charge in [-0.05, 0) is 44.2 Å². The average Bonchev–Trinajstić information content (AvgIpc) is 2.15. The molecule has 0 bridgehead atoms. The molecule has 1 atom stereocenters. The Morgan fingerprint density at radius 3 is 2.58 bits per heavy atom. The van der Waals surface area contributed by atoms with Crippen molar-refractivity contribution in [3.63, 3.8) is 0 Å². The Hall–Kier alpha value is -0.0800. The summed E-state index contributed by atoms with van der Waals surface area (Å²) in [7, 11) is 0. The highest BCUT2D eigenvalue weighted by molar-refractivity contribution is 4.74. The quantitative estimate of drug-likeness (QED) is 0.670. The van der Waals surface area contributed by atoms with E-state index in [1.54, 1.807) is 0 Å². The van der Waals surface area contributed by atoms with Crippen molar-refractivity contribution < 1.29 is 5.11 Å². The first-order valence-electron chi connectivity index (χ1n) is 5.20. The lowest BCUT2D eigenvalue weighted by Gasteiger charge is -2.29. The normalized spacial score (nSPS) is 22.5. The molecule has 0 amide bonds. The van der Waals surface area contributed by atoms with Gasteiger partial charge in [0.05, 0.1) is 0 Å². The smallest absolute Gasteiger partial charge is 0.0433 e. The molecule has 0 aromatic rings. The highest BCUT2D eigenvalue weighted by Crippen LogP contribution is 2.26. The zero-order valence-electron chi connectivity index (χ0n) is 8.05. The van der Waals surface area contributed by atoms with Crippen molar-refractivity contribution >= 4 is 0 Å².